The summed E-state index contributed by atoms with van der Waals surface area (Å²) in [6.07, 6.45) is 7.57. The van der Waals surface area contributed by atoms with Gasteiger partial charge in [-0.05, 0) is 43.6 Å². The van der Waals surface area contributed by atoms with Crippen molar-refractivity contribution in [3.05, 3.63) is 35.9 Å². The monoisotopic (exact) mass is 337 g/mol. The molecule has 0 saturated heterocycles. The van der Waals surface area contributed by atoms with Crippen LogP contribution in [0.4, 0.5) is 0 Å². The zero-order valence-corrected chi connectivity index (χ0v) is 13.6. The van der Waals surface area contributed by atoms with Gasteiger partial charge in [-0.3, -0.25) is 4.79 Å². The van der Waals surface area contributed by atoms with E-state index in [9.17, 15) is 4.79 Å². The van der Waals surface area contributed by atoms with Crippen LogP contribution in [0.2, 0.25) is 0 Å². The first-order valence-electron chi connectivity index (χ1n) is 7.68. The van der Waals surface area contributed by atoms with E-state index in [0.717, 1.165) is 19.4 Å². The molecule has 0 aromatic heterocycles. The largest absolute Gasteiger partial charge is 0.356 e. The maximum Gasteiger partial charge on any atom is 0.220 e. The van der Waals surface area contributed by atoms with Crippen LogP contribution in [0.1, 0.15) is 44.1 Å². The number of aryl methyl sites for hydroxylation is 1. The molecule has 0 heterocycles. The molecular weight excluding hydrogens is 314 g/mol. The maximum absolute atomic E-state index is 11.8. The summed E-state index contributed by atoms with van der Waals surface area (Å²) >= 11 is 3.69. The van der Waals surface area contributed by atoms with Crippen molar-refractivity contribution in [2.45, 2.75) is 49.8 Å². The first kappa shape index (κ1) is 15.6. The fourth-order valence-electron chi connectivity index (χ4n) is 2.86. The topological polar surface area (TPSA) is 29.1 Å². The minimum absolute atomic E-state index is 0.206. The maximum atomic E-state index is 11.8. The predicted molar refractivity (Wildman–Crippen MR) is 87.1 cm³/mol. The number of halogens is 1. The number of rotatable bonds is 6. The second-order valence-corrected chi connectivity index (χ2v) is 7.07. The third kappa shape index (κ3) is 5.66. The molecule has 20 heavy (non-hydrogen) atoms. The lowest BCUT2D eigenvalue weighted by Crippen LogP contribution is -2.31. The van der Waals surface area contributed by atoms with Gasteiger partial charge in [0.05, 0.1) is 0 Å². The van der Waals surface area contributed by atoms with Crippen LogP contribution in [0.25, 0.3) is 0 Å². The molecular formula is C17H24BrNO. The van der Waals surface area contributed by atoms with Crippen molar-refractivity contribution in [1.82, 2.24) is 5.32 Å². The summed E-state index contributed by atoms with van der Waals surface area (Å²) in [6, 6.07) is 10.4. The van der Waals surface area contributed by atoms with E-state index in [4.69, 9.17) is 0 Å². The minimum atomic E-state index is 0.206. The van der Waals surface area contributed by atoms with Crippen LogP contribution >= 0.6 is 15.9 Å². The van der Waals surface area contributed by atoms with Crippen LogP contribution in [-0.4, -0.2) is 17.3 Å². The number of nitrogens with one attached hydrogen (secondary N) is 1. The summed E-state index contributed by atoms with van der Waals surface area (Å²) < 4.78 is 0. The zero-order valence-electron chi connectivity index (χ0n) is 12.0. The summed E-state index contributed by atoms with van der Waals surface area (Å²) in [4.78, 5) is 12.5. The van der Waals surface area contributed by atoms with Crippen molar-refractivity contribution in [1.29, 1.82) is 0 Å². The molecule has 0 radical (unpaired) electrons. The van der Waals surface area contributed by atoms with E-state index in [1.807, 2.05) is 6.07 Å². The van der Waals surface area contributed by atoms with Gasteiger partial charge >= 0.3 is 0 Å². The molecule has 0 spiro atoms. The number of hydrogen-bond acceptors (Lipinski definition) is 1. The Labute approximate surface area is 130 Å². The van der Waals surface area contributed by atoms with Crippen LogP contribution in [-0.2, 0) is 11.2 Å². The van der Waals surface area contributed by atoms with Gasteiger partial charge in [0.25, 0.3) is 0 Å². The van der Waals surface area contributed by atoms with Gasteiger partial charge in [0.1, 0.15) is 0 Å². The van der Waals surface area contributed by atoms with Gasteiger partial charge in [-0.25, -0.2) is 0 Å². The molecule has 2 rings (SSSR count). The highest BCUT2D eigenvalue weighted by molar-refractivity contribution is 9.09. The number of carbonyl (C=O) groups excluding carboxylic acids is 1. The Hall–Kier alpha value is -0.830. The molecule has 1 saturated carbocycles. The number of alkyl halides is 1. The van der Waals surface area contributed by atoms with E-state index in [2.05, 4.69) is 45.5 Å². The molecule has 1 fully saturated rings. The van der Waals surface area contributed by atoms with Crippen molar-refractivity contribution in [2.75, 3.05) is 6.54 Å². The summed E-state index contributed by atoms with van der Waals surface area (Å²) in [6.45, 7) is 0.853. The second-order valence-electron chi connectivity index (χ2n) is 5.77. The first-order chi connectivity index (χ1) is 9.74. The predicted octanol–water partition coefficient (Wildman–Crippen LogP) is 4.08. The van der Waals surface area contributed by atoms with Crippen LogP contribution in [0.5, 0.6) is 0 Å². The van der Waals surface area contributed by atoms with E-state index < -0.39 is 0 Å². The van der Waals surface area contributed by atoms with Gasteiger partial charge in [0, 0.05) is 17.8 Å². The SMILES string of the molecule is O=C(CCCc1ccccc1)NCC1CCCC(Br)C1. The third-order valence-corrected chi connectivity index (χ3v) is 4.85. The Morgan fingerprint density at radius 3 is 2.80 bits per heavy atom. The molecule has 1 amide bonds. The molecule has 1 aliphatic carbocycles. The average molecular weight is 338 g/mol. The normalized spacial score (nSPS) is 22.4. The van der Waals surface area contributed by atoms with Gasteiger partial charge in [-0.15, -0.1) is 0 Å². The smallest absolute Gasteiger partial charge is 0.220 e. The number of hydrogen-bond donors (Lipinski definition) is 1. The molecule has 0 bridgehead atoms. The van der Waals surface area contributed by atoms with E-state index in [1.165, 1.54) is 31.2 Å². The van der Waals surface area contributed by atoms with Gasteiger partial charge in [-0.2, -0.15) is 0 Å². The number of carbonyl (C=O) groups is 1. The molecule has 2 unspecified atom stereocenters. The van der Waals surface area contributed by atoms with Crippen LogP contribution in [0, 0.1) is 5.92 Å². The number of benzene rings is 1. The molecule has 1 aromatic rings. The van der Waals surface area contributed by atoms with Crippen LogP contribution in [0.3, 0.4) is 0 Å². The van der Waals surface area contributed by atoms with Gasteiger partial charge in [0.2, 0.25) is 5.91 Å². The standard InChI is InChI=1S/C17H24BrNO/c18-16-10-4-9-15(12-16)13-19-17(20)11-5-8-14-6-2-1-3-7-14/h1-3,6-7,15-16H,4-5,8-13H2,(H,19,20). The van der Waals surface area contributed by atoms with E-state index in [0.29, 0.717) is 17.2 Å². The lowest BCUT2D eigenvalue weighted by atomic mass is 9.89. The van der Waals surface area contributed by atoms with Crippen LogP contribution in [0.15, 0.2) is 30.3 Å². The Kier molecular flexibility index (Phi) is 6.58. The third-order valence-electron chi connectivity index (χ3n) is 4.02. The Bertz CT molecular complexity index is 407. The van der Waals surface area contributed by atoms with Crippen molar-refractivity contribution < 1.29 is 4.79 Å². The molecule has 110 valence electrons. The highest BCUT2D eigenvalue weighted by atomic mass is 79.9. The van der Waals surface area contributed by atoms with Gasteiger partial charge in [-0.1, -0.05) is 52.7 Å². The zero-order chi connectivity index (χ0) is 14.2. The molecule has 1 N–H and O–H groups in total. The van der Waals surface area contributed by atoms with E-state index >= 15 is 0 Å². The Morgan fingerprint density at radius 2 is 2.05 bits per heavy atom. The highest BCUT2D eigenvalue weighted by Crippen LogP contribution is 2.28. The quantitative estimate of drug-likeness (QED) is 0.778. The van der Waals surface area contributed by atoms with E-state index in [1.54, 1.807) is 0 Å². The van der Waals surface area contributed by atoms with Gasteiger partial charge < -0.3 is 5.32 Å². The summed E-state index contributed by atoms with van der Waals surface area (Å²) in [7, 11) is 0. The summed E-state index contributed by atoms with van der Waals surface area (Å²) in [5.41, 5.74) is 1.31. The van der Waals surface area contributed by atoms with Crippen molar-refractivity contribution in [3.63, 3.8) is 0 Å². The lowest BCUT2D eigenvalue weighted by molar-refractivity contribution is -0.121. The molecule has 2 atom stereocenters. The second kappa shape index (κ2) is 8.46. The average Bonchev–Trinajstić information content (AvgIpc) is 2.46. The van der Waals surface area contributed by atoms with Crippen molar-refractivity contribution in [2.24, 2.45) is 5.92 Å². The fraction of sp³-hybridized carbons (Fsp3) is 0.588. The molecule has 1 aliphatic rings. The van der Waals surface area contributed by atoms with Gasteiger partial charge in [0.15, 0.2) is 0 Å². The van der Waals surface area contributed by atoms with E-state index in [-0.39, 0.29) is 5.91 Å². The van der Waals surface area contributed by atoms with Crippen molar-refractivity contribution in [3.8, 4) is 0 Å². The number of amides is 1. The van der Waals surface area contributed by atoms with Crippen LogP contribution < -0.4 is 5.32 Å². The summed E-state index contributed by atoms with van der Waals surface area (Å²) in [5, 5.41) is 3.10. The Morgan fingerprint density at radius 1 is 1.25 bits per heavy atom. The summed E-state index contributed by atoms with van der Waals surface area (Å²) in [5.74, 6) is 0.865. The first-order valence-corrected chi connectivity index (χ1v) is 8.60. The Balaban J connectivity index is 1.58. The minimum Gasteiger partial charge on any atom is -0.356 e. The molecule has 3 heteroatoms. The highest BCUT2D eigenvalue weighted by Gasteiger charge is 2.20. The fourth-order valence-corrected chi connectivity index (χ4v) is 3.71. The molecule has 2 nitrogen and oxygen atoms in total. The molecule has 0 aliphatic heterocycles. The lowest BCUT2D eigenvalue weighted by Gasteiger charge is -2.25. The molecule has 1 aromatic carbocycles. The van der Waals surface area contributed by atoms with Crippen molar-refractivity contribution >= 4 is 21.8 Å².